The molecule has 1 aliphatic rings. The molecule has 1 aromatic carbocycles. The lowest BCUT2D eigenvalue weighted by atomic mass is 10.1. The molecule has 158 valence electrons. The zero-order valence-electron chi connectivity index (χ0n) is 16.9. The maximum atomic E-state index is 12.7. The van der Waals surface area contributed by atoms with Gasteiger partial charge in [0, 0.05) is 22.9 Å². The molecule has 9 nitrogen and oxygen atoms in total. The summed E-state index contributed by atoms with van der Waals surface area (Å²) in [5.41, 5.74) is -0.0683. The number of hydrogen-bond acceptors (Lipinski definition) is 7. The van der Waals surface area contributed by atoms with Crippen molar-refractivity contribution in [1.82, 2.24) is 9.55 Å². The number of anilines is 1. The van der Waals surface area contributed by atoms with E-state index in [-0.39, 0.29) is 12.6 Å². The zero-order chi connectivity index (χ0) is 22.1. The summed E-state index contributed by atoms with van der Waals surface area (Å²) < 4.78 is 11.3. The smallest absolute Gasteiger partial charge is 0.411 e. The Morgan fingerprint density at radius 1 is 1.30 bits per heavy atom. The first-order valence-corrected chi connectivity index (χ1v) is 9.47. The molecule has 10 heteroatoms. The van der Waals surface area contributed by atoms with Crippen molar-refractivity contribution in [2.45, 2.75) is 39.0 Å². The van der Waals surface area contributed by atoms with Crippen LogP contribution in [-0.2, 0) is 20.8 Å². The topological polar surface area (TPSA) is 112 Å². The van der Waals surface area contributed by atoms with Crippen LogP contribution in [0.2, 0.25) is 5.02 Å². The van der Waals surface area contributed by atoms with Crippen molar-refractivity contribution in [3.63, 3.8) is 0 Å². The van der Waals surface area contributed by atoms with Crippen LogP contribution in [0.15, 0.2) is 34.1 Å². The van der Waals surface area contributed by atoms with Crippen LogP contribution < -0.4 is 10.9 Å². The third kappa shape index (κ3) is 4.85. The Kier molecular flexibility index (Phi) is 5.93. The van der Waals surface area contributed by atoms with E-state index >= 15 is 0 Å². The van der Waals surface area contributed by atoms with Gasteiger partial charge >= 0.3 is 12.1 Å². The fourth-order valence-electron chi connectivity index (χ4n) is 2.87. The number of methoxy groups -OCH3 is 1. The number of esters is 1. The van der Waals surface area contributed by atoms with Crippen molar-refractivity contribution in [1.29, 1.82) is 0 Å². The third-order valence-corrected chi connectivity index (χ3v) is 4.79. The van der Waals surface area contributed by atoms with E-state index in [9.17, 15) is 14.4 Å². The number of halogens is 1. The zero-order valence-corrected chi connectivity index (χ0v) is 17.7. The summed E-state index contributed by atoms with van der Waals surface area (Å²) >= 11 is 6.02. The number of carbonyl (C=O) groups excluding carboxylic acids is 2. The minimum absolute atomic E-state index is 0.134. The average Bonchev–Trinajstić information content (AvgIpc) is 3.50. The first kappa shape index (κ1) is 21.5. The van der Waals surface area contributed by atoms with Gasteiger partial charge in [-0.15, -0.1) is 0 Å². The van der Waals surface area contributed by atoms with E-state index in [4.69, 9.17) is 16.3 Å². The van der Waals surface area contributed by atoms with Crippen LogP contribution in [0.4, 0.5) is 10.5 Å². The normalized spacial score (nSPS) is 14.9. The number of aromatic nitrogens is 2. The third-order valence-electron chi connectivity index (χ3n) is 4.55. The van der Waals surface area contributed by atoms with Gasteiger partial charge in [-0.2, -0.15) is 0 Å². The van der Waals surface area contributed by atoms with Crippen LogP contribution in [0, 0.1) is 6.92 Å². The van der Waals surface area contributed by atoms with Gasteiger partial charge in [0.25, 0.3) is 5.56 Å². The molecule has 0 fully saturated rings. The fraction of sp³-hybridized carbons (Fsp3) is 0.350. The van der Waals surface area contributed by atoms with Gasteiger partial charge < -0.3 is 9.47 Å². The summed E-state index contributed by atoms with van der Waals surface area (Å²) in [6.07, 6.45) is 1.02. The number of aryl methyl sites for hydroxylation is 1. The van der Waals surface area contributed by atoms with Gasteiger partial charge in [0.15, 0.2) is 0 Å². The molecule has 1 aromatic heterocycles. The first-order valence-electron chi connectivity index (χ1n) is 9.09. The Hall–Kier alpha value is -3.20. The van der Waals surface area contributed by atoms with Crippen LogP contribution in [0.3, 0.4) is 0 Å². The van der Waals surface area contributed by atoms with Crippen LogP contribution >= 0.6 is 11.6 Å². The Morgan fingerprint density at radius 3 is 2.60 bits per heavy atom. The molecule has 1 unspecified atom stereocenters. The van der Waals surface area contributed by atoms with Gasteiger partial charge in [0.05, 0.1) is 18.5 Å². The maximum absolute atomic E-state index is 12.7. The molecule has 2 aromatic rings. The number of amides is 1. The molecule has 0 saturated heterocycles. The van der Waals surface area contributed by atoms with E-state index < -0.39 is 23.2 Å². The number of nitrogens with zero attached hydrogens (tertiary/aromatic N) is 3. The molecule has 0 radical (unpaired) electrons. The van der Waals surface area contributed by atoms with Crippen LogP contribution in [0.1, 0.15) is 19.7 Å². The minimum Gasteiger partial charge on any atom is -0.456 e. The second kappa shape index (κ2) is 8.27. The first-order chi connectivity index (χ1) is 14.1. The molecule has 0 aliphatic carbocycles. The van der Waals surface area contributed by atoms with Gasteiger partial charge in [0.2, 0.25) is 0 Å². The van der Waals surface area contributed by atoms with Crippen molar-refractivity contribution >= 4 is 35.6 Å². The number of carbonyl (C=O) groups is 2. The Balaban J connectivity index is 1.87. The lowest BCUT2D eigenvalue weighted by Crippen LogP contribution is -2.37. The lowest BCUT2D eigenvalue weighted by Gasteiger charge is -2.24. The minimum atomic E-state index is -0.764. The number of nitrogens with one attached hydrogen (secondary N) is 1. The molecule has 1 aliphatic heterocycles. The Labute approximate surface area is 177 Å². The fourth-order valence-corrected chi connectivity index (χ4v) is 3.05. The van der Waals surface area contributed by atoms with E-state index in [0.29, 0.717) is 27.8 Å². The van der Waals surface area contributed by atoms with E-state index in [1.165, 1.54) is 23.8 Å². The Bertz CT molecular complexity index is 1090. The van der Waals surface area contributed by atoms with E-state index in [0.717, 1.165) is 0 Å². The van der Waals surface area contributed by atoms with Gasteiger partial charge in [-0.05, 0) is 39.0 Å². The van der Waals surface area contributed by atoms with E-state index in [2.05, 4.69) is 20.0 Å². The second-order valence-corrected chi connectivity index (χ2v) is 7.68. The lowest BCUT2D eigenvalue weighted by molar-refractivity contribution is -0.156. The molecular weight excluding hydrogens is 412 g/mol. The van der Waals surface area contributed by atoms with Gasteiger partial charge in [-0.1, -0.05) is 11.6 Å². The predicted octanol–water partition coefficient (Wildman–Crippen LogP) is 2.83. The predicted molar refractivity (Wildman–Crippen MR) is 112 cm³/mol. The van der Waals surface area contributed by atoms with E-state index in [1.54, 1.807) is 39.1 Å². The van der Waals surface area contributed by atoms with Crippen molar-refractivity contribution in [2.24, 2.45) is 4.99 Å². The highest BCUT2D eigenvalue weighted by molar-refractivity contribution is 6.31. The highest BCUT2D eigenvalue weighted by Crippen LogP contribution is 2.29. The van der Waals surface area contributed by atoms with Crippen molar-refractivity contribution < 1.29 is 19.1 Å². The van der Waals surface area contributed by atoms with Gasteiger partial charge in [0.1, 0.15) is 24.0 Å². The van der Waals surface area contributed by atoms with Crippen molar-refractivity contribution in [2.75, 3.05) is 12.4 Å². The quantitative estimate of drug-likeness (QED) is 0.702. The van der Waals surface area contributed by atoms with Gasteiger partial charge in [-0.25, -0.2) is 9.78 Å². The van der Waals surface area contributed by atoms with Crippen LogP contribution in [0.25, 0.3) is 11.3 Å². The maximum Gasteiger partial charge on any atom is 0.411 e. The van der Waals surface area contributed by atoms with Crippen molar-refractivity contribution in [3.8, 4) is 11.3 Å². The molecule has 0 bridgehead atoms. The molecule has 2 heterocycles. The van der Waals surface area contributed by atoms with Crippen molar-refractivity contribution in [3.05, 3.63) is 45.5 Å². The second-order valence-electron chi connectivity index (χ2n) is 7.24. The molecule has 0 spiro atoms. The largest absolute Gasteiger partial charge is 0.456 e. The standard InChI is InChI=1S/C20H21ClN4O5/c1-11-23-15(13-6-5-12(21)7-14(13)24-19(28)29-4)8-17(26)25(11)10-18(27)30-20(2,3)16-9-22-16/h5-9,16H,10H2,1-4H3,(H,24,28). The number of benzene rings is 1. The molecule has 1 atom stereocenters. The average molecular weight is 433 g/mol. The van der Waals surface area contributed by atoms with E-state index in [1.807, 2.05) is 0 Å². The van der Waals surface area contributed by atoms with Gasteiger partial charge in [-0.3, -0.25) is 24.5 Å². The number of aliphatic imine (C=N–C) groups is 1. The SMILES string of the molecule is COC(=O)Nc1cc(Cl)ccc1-c1cc(=O)n(CC(=O)OC(C)(C)C2C=N2)c(C)n1. The molecule has 1 N–H and O–H groups in total. The molecule has 0 saturated carbocycles. The highest BCUT2D eigenvalue weighted by Gasteiger charge is 2.37. The summed E-state index contributed by atoms with van der Waals surface area (Å²) in [5.74, 6) is -0.247. The number of ether oxygens (including phenoxy) is 2. The summed E-state index contributed by atoms with van der Waals surface area (Å²) in [5, 5.41) is 2.94. The summed E-state index contributed by atoms with van der Waals surface area (Å²) in [4.78, 5) is 45.1. The molecule has 3 rings (SSSR count). The Morgan fingerprint density at radius 2 is 2.00 bits per heavy atom. The molecule has 30 heavy (non-hydrogen) atoms. The monoisotopic (exact) mass is 432 g/mol. The number of rotatable bonds is 6. The molecular formula is C20H21ClN4O5. The summed E-state index contributed by atoms with van der Waals surface area (Å²) in [6.45, 7) is 4.85. The highest BCUT2D eigenvalue weighted by atomic mass is 35.5. The number of hydrogen-bond donors (Lipinski definition) is 1. The van der Waals surface area contributed by atoms with Crippen LogP contribution in [-0.4, -0.2) is 46.6 Å². The summed E-state index contributed by atoms with van der Waals surface area (Å²) in [7, 11) is 1.23. The summed E-state index contributed by atoms with van der Waals surface area (Å²) in [6, 6.07) is 5.91. The molecule has 1 amide bonds. The van der Waals surface area contributed by atoms with Crippen LogP contribution in [0.5, 0.6) is 0 Å².